The van der Waals surface area contributed by atoms with Gasteiger partial charge in [0.25, 0.3) is 0 Å². The first kappa shape index (κ1) is 19.5. The van der Waals surface area contributed by atoms with Crippen LogP contribution in [0.1, 0.15) is 11.1 Å². The van der Waals surface area contributed by atoms with E-state index >= 15 is 0 Å². The van der Waals surface area contributed by atoms with Crippen LogP contribution in [-0.2, 0) is 15.3 Å². The first-order valence-corrected chi connectivity index (χ1v) is 9.81. The number of likely N-dealkylation sites (N-methyl/N-ethyl adjacent to an activating group) is 1. The summed E-state index contributed by atoms with van der Waals surface area (Å²) in [6.45, 7) is 2.04. The minimum Gasteiger partial charge on any atom is -0.336 e. The maximum Gasteiger partial charge on any atom is 0.243 e. The van der Waals surface area contributed by atoms with Crippen molar-refractivity contribution in [2.45, 2.75) is 12.7 Å². The number of rotatable bonds is 7. The Kier molecular flexibility index (Phi) is 7.52. The molecule has 0 aromatic heterocycles. The fourth-order valence-corrected chi connectivity index (χ4v) is 3.28. The van der Waals surface area contributed by atoms with Crippen LogP contribution >= 0.6 is 27.7 Å². The highest BCUT2D eigenvalue weighted by atomic mass is 79.9. The van der Waals surface area contributed by atoms with Gasteiger partial charge in [0.2, 0.25) is 11.8 Å². The Labute approximate surface area is 161 Å². The smallest absolute Gasteiger partial charge is 0.243 e. The number of amides is 2. The number of carbonyl (C=O) groups excluding carboxylic acids is 2. The Morgan fingerprint density at radius 2 is 1.72 bits per heavy atom. The number of hydrogen-bond donors (Lipinski definition) is 1. The van der Waals surface area contributed by atoms with Gasteiger partial charge in [-0.25, -0.2) is 0 Å². The minimum atomic E-state index is -0.197. The Morgan fingerprint density at radius 1 is 1.08 bits per heavy atom. The molecule has 6 heteroatoms. The number of thioether (sulfide) groups is 1. The van der Waals surface area contributed by atoms with E-state index in [4.69, 9.17) is 0 Å². The van der Waals surface area contributed by atoms with E-state index in [1.165, 1.54) is 10.5 Å². The van der Waals surface area contributed by atoms with E-state index in [1.807, 2.05) is 55.5 Å². The molecule has 0 aliphatic carbocycles. The first-order valence-electron chi connectivity index (χ1n) is 7.87. The van der Waals surface area contributed by atoms with Crippen molar-refractivity contribution >= 4 is 45.2 Å². The van der Waals surface area contributed by atoms with Gasteiger partial charge in [-0.2, -0.15) is 0 Å². The summed E-state index contributed by atoms with van der Waals surface area (Å²) in [5.41, 5.74) is 3.04. The molecule has 2 rings (SSSR count). The number of benzene rings is 2. The van der Waals surface area contributed by atoms with Crippen LogP contribution in [0.2, 0.25) is 0 Å². The summed E-state index contributed by atoms with van der Waals surface area (Å²) in [6, 6.07) is 15.6. The quantitative estimate of drug-likeness (QED) is 0.733. The van der Waals surface area contributed by atoms with E-state index in [-0.39, 0.29) is 18.4 Å². The van der Waals surface area contributed by atoms with Gasteiger partial charge < -0.3 is 10.2 Å². The monoisotopic (exact) mass is 420 g/mol. The molecule has 4 nitrogen and oxygen atoms in total. The van der Waals surface area contributed by atoms with Crippen LogP contribution < -0.4 is 5.32 Å². The fraction of sp³-hybridized carbons (Fsp3) is 0.263. The third-order valence-electron chi connectivity index (χ3n) is 3.55. The van der Waals surface area contributed by atoms with Crippen molar-refractivity contribution in [3.63, 3.8) is 0 Å². The third kappa shape index (κ3) is 6.92. The summed E-state index contributed by atoms with van der Waals surface area (Å²) >= 11 is 4.94. The molecule has 0 saturated carbocycles. The standard InChI is InChI=1S/C19H21BrN2O2S/c1-14-3-9-17(10-4-14)21-18(23)11-22(2)19(24)13-25-12-15-5-7-16(20)8-6-15/h3-10H,11-13H2,1-2H3,(H,21,23). The van der Waals surface area contributed by atoms with E-state index in [2.05, 4.69) is 21.2 Å². The molecule has 0 unspecified atom stereocenters. The van der Waals surface area contributed by atoms with Crippen LogP contribution in [0.15, 0.2) is 53.0 Å². The molecule has 2 aromatic rings. The highest BCUT2D eigenvalue weighted by molar-refractivity contribution is 9.10. The third-order valence-corrected chi connectivity index (χ3v) is 5.07. The highest BCUT2D eigenvalue weighted by Gasteiger charge is 2.13. The van der Waals surface area contributed by atoms with Crippen molar-refractivity contribution in [2.24, 2.45) is 0 Å². The highest BCUT2D eigenvalue weighted by Crippen LogP contribution is 2.16. The molecule has 0 bridgehead atoms. The van der Waals surface area contributed by atoms with Crippen molar-refractivity contribution < 1.29 is 9.59 Å². The zero-order chi connectivity index (χ0) is 18.2. The van der Waals surface area contributed by atoms with Crippen molar-refractivity contribution in [3.05, 3.63) is 64.1 Å². The molecule has 0 fully saturated rings. The molecule has 132 valence electrons. The van der Waals surface area contributed by atoms with Gasteiger partial charge in [-0.15, -0.1) is 11.8 Å². The number of nitrogens with one attached hydrogen (secondary N) is 1. The Morgan fingerprint density at radius 3 is 2.36 bits per heavy atom. The van der Waals surface area contributed by atoms with Gasteiger partial charge >= 0.3 is 0 Å². The second-order valence-electron chi connectivity index (χ2n) is 5.78. The van der Waals surface area contributed by atoms with E-state index in [0.29, 0.717) is 5.75 Å². The molecule has 0 aliphatic rings. The molecule has 2 aromatic carbocycles. The summed E-state index contributed by atoms with van der Waals surface area (Å²) in [6.07, 6.45) is 0. The molecular weight excluding hydrogens is 400 g/mol. The van der Waals surface area contributed by atoms with Gasteiger partial charge in [0.1, 0.15) is 0 Å². The van der Waals surface area contributed by atoms with Gasteiger partial charge in [-0.1, -0.05) is 45.8 Å². The second kappa shape index (κ2) is 9.63. The molecule has 0 aliphatic heterocycles. The molecule has 25 heavy (non-hydrogen) atoms. The Balaban J connectivity index is 1.72. The van der Waals surface area contributed by atoms with Crippen LogP contribution in [-0.4, -0.2) is 36.1 Å². The second-order valence-corrected chi connectivity index (χ2v) is 7.68. The van der Waals surface area contributed by atoms with Crippen molar-refractivity contribution in [3.8, 4) is 0 Å². The number of carbonyl (C=O) groups is 2. The van der Waals surface area contributed by atoms with Gasteiger partial charge in [0.05, 0.1) is 12.3 Å². The molecule has 0 saturated heterocycles. The Hall–Kier alpha value is -1.79. The lowest BCUT2D eigenvalue weighted by Gasteiger charge is -2.16. The maximum atomic E-state index is 12.1. The summed E-state index contributed by atoms with van der Waals surface area (Å²) in [7, 11) is 1.65. The predicted octanol–water partition coefficient (Wildman–Crippen LogP) is 4.09. The maximum absolute atomic E-state index is 12.1. The van der Waals surface area contributed by atoms with Crippen molar-refractivity contribution in [2.75, 3.05) is 24.7 Å². The SMILES string of the molecule is Cc1ccc(NC(=O)CN(C)C(=O)CSCc2ccc(Br)cc2)cc1. The number of aryl methyl sites for hydroxylation is 1. The predicted molar refractivity (Wildman–Crippen MR) is 108 cm³/mol. The largest absolute Gasteiger partial charge is 0.336 e. The molecular formula is C19H21BrN2O2S. The van der Waals surface area contributed by atoms with Crippen molar-refractivity contribution in [1.29, 1.82) is 0 Å². The zero-order valence-corrected chi connectivity index (χ0v) is 16.7. The van der Waals surface area contributed by atoms with Crippen LogP contribution in [0.5, 0.6) is 0 Å². The molecule has 0 radical (unpaired) electrons. The fourth-order valence-electron chi connectivity index (χ4n) is 2.09. The lowest BCUT2D eigenvalue weighted by molar-refractivity contribution is -0.131. The lowest BCUT2D eigenvalue weighted by atomic mass is 10.2. The molecule has 0 heterocycles. The average Bonchev–Trinajstić information content (AvgIpc) is 2.58. The van der Waals surface area contributed by atoms with Crippen LogP contribution in [0, 0.1) is 6.92 Å². The van der Waals surface area contributed by atoms with Crippen LogP contribution in [0.3, 0.4) is 0 Å². The van der Waals surface area contributed by atoms with Gasteiger partial charge in [-0.3, -0.25) is 9.59 Å². The minimum absolute atomic E-state index is 0.0472. The Bertz CT molecular complexity index is 717. The zero-order valence-electron chi connectivity index (χ0n) is 14.3. The number of nitrogens with zero attached hydrogens (tertiary/aromatic N) is 1. The topological polar surface area (TPSA) is 49.4 Å². The lowest BCUT2D eigenvalue weighted by Crippen LogP contribution is -2.35. The number of hydrogen-bond acceptors (Lipinski definition) is 3. The van der Waals surface area contributed by atoms with Crippen molar-refractivity contribution in [1.82, 2.24) is 4.90 Å². The molecule has 0 atom stereocenters. The van der Waals surface area contributed by atoms with Crippen LogP contribution in [0.4, 0.5) is 5.69 Å². The first-order chi connectivity index (χ1) is 11.9. The number of anilines is 1. The summed E-state index contributed by atoms with van der Waals surface area (Å²) in [5.74, 6) is 0.867. The summed E-state index contributed by atoms with van der Waals surface area (Å²) in [5, 5.41) is 2.80. The average molecular weight is 421 g/mol. The number of halogens is 1. The molecule has 2 amide bonds. The van der Waals surface area contributed by atoms with E-state index < -0.39 is 0 Å². The van der Waals surface area contributed by atoms with E-state index in [1.54, 1.807) is 18.8 Å². The van der Waals surface area contributed by atoms with Gasteiger partial charge in [-0.05, 0) is 36.8 Å². The van der Waals surface area contributed by atoms with Gasteiger partial charge in [0, 0.05) is 23.0 Å². The normalized spacial score (nSPS) is 10.4. The van der Waals surface area contributed by atoms with E-state index in [0.717, 1.165) is 21.5 Å². The summed E-state index contributed by atoms with van der Waals surface area (Å²) in [4.78, 5) is 25.6. The summed E-state index contributed by atoms with van der Waals surface area (Å²) < 4.78 is 1.04. The molecule has 0 spiro atoms. The molecule has 1 N–H and O–H groups in total. The van der Waals surface area contributed by atoms with E-state index in [9.17, 15) is 9.59 Å². The van der Waals surface area contributed by atoms with Gasteiger partial charge in [0.15, 0.2) is 0 Å². The van der Waals surface area contributed by atoms with Crippen LogP contribution in [0.25, 0.3) is 0 Å².